The van der Waals surface area contributed by atoms with Gasteiger partial charge >= 0.3 is 0 Å². The van der Waals surface area contributed by atoms with Crippen molar-refractivity contribution in [3.05, 3.63) is 34.9 Å². The summed E-state index contributed by atoms with van der Waals surface area (Å²) >= 11 is 0. The van der Waals surface area contributed by atoms with Gasteiger partial charge in [0.1, 0.15) is 0 Å². The zero-order valence-corrected chi connectivity index (χ0v) is 13.7. The lowest BCUT2D eigenvalue weighted by atomic mass is 10.00. The van der Waals surface area contributed by atoms with Gasteiger partial charge in [0.05, 0.1) is 0 Å². The molecule has 0 heterocycles. The number of nitrogens with zero attached hydrogens (tertiary/aromatic N) is 1. The highest BCUT2D eigenvalue weighted by molar-refractivity contribution is 5.31. The predicted octanol–water partition coefficient (Wildman–Crippen LogP) is 3.68. The first-order chi connectivity index (χ1) is 9.51. The van der Waals surface area contributed by atoms with Crippen LogP contribution < -0.4 is 5.32 Å². The van der Waals surface area contributed by atoms with Gasteiger partial charge in [-0.3, -0.25) is 0 Å². The Morgan fingerprint density at radius 3 is 2.30 bits per heavy atom. The van der Waals surface area contributed by atoms with Gasteiger partial charge in [-0.1, -0.05) is 36.2 Å². The van der Waals surface area contributed by atoms with E-state index < -0.39 is 0 Å². The molecule has 112 valence electrons. The minimum Gasteiger partial charge on any atom is -0.309 e. The van der Waals surface area contributed by atoms with E-state index in [1.807, 2.05) is 0 Å². The van der Waals surface area contributed by atoms with Crippen LogP contribution in [-0.4, -0.2) is 31.1 Å². The fourth-order valence-electron chi connectivity index (χ4n) is 3.14. The highest BCUT2D eigenvalue weighted by Crippen LogP contribution is 2.35. The van der Waals surface area contributed by atoms with Crippen molar-refractivity contribution < 1.29 is 0 Å². The SMILES string of the molecule is CCNC(CN(C)C(C)C1CC1)c1cc(C)cc(C)c1. The van der Waals surface area contributed by atoms with Crippen LogP contribution in [0.15, 0.2) is 18.2 Å². The van der Waals surface area contributed by atoms with Crippen molar-refractivity contribution in [3.63, 3.8) is 0 Å². The summed E-state index contributed by atoms with van der Waals surface area (Å²) in [7, 11) is 2.27. The molecule has 1 aromatic rings. The predicted molar refractivity (Wildman–Crippen MR) is 87.1 cm³/mol. The van der Waals surface area contributed by atoms with Crippen LogP contribution in [0.4, 0.5) is 0 Å². The standard InChI is InChI=1S/C18H30N2/c1-6-19-18(12-20(5)15(4)16-7-8-16)17-10-13(2)9-14(3)11-17/h9-11,15-16,18-19H,6-8,12H2,1-5H3. The average Bonchev–Trinajstić information content (AvgIpc) is 3.20. The number of benzene rings is 1. The Kier molecular flexibility index (Phi) is 5.22. The third-order valence-corrected chi connectivity index (χ3v) is 4.57. The maximum absolute atomic E-state index is 3.66. The van der Waals surface area contributed by atoms with Crippen LogP contribution >= 0.6 is 0 Å². The number of nitrogens with one attached hydrogen (secondary N) is 1. The molecule has 2 atom stereocenters. The molecule has 1 N–H and O–H groups in total. The van der Waals surface area contributed by atoms with Crippen molar-refractivity contribution in [2.24, 2.45) is 5.92 Å². The van der Waals surface area contributed by atoms with Crippen LogP contribution in [0.3, 0.4) is 0 Å². The average molecular weight is 274 g/mol. The number of likely N-dealkylation sites (N-methyl/N-ethyl adjacent to an activating group) is 2. The molecule has 1 saturated carbocycles. The van der Waals surface area contributed by atoms with Crippen molar-refractivity contribution >= 4 is 0 Å². The first kappa shape index (κ1) is 15.5. The summed E-state index contributed by atoms with van der Waals surface area (Å²) in [4.78, 5) is 2.53. The van der Waals surface area contributed by atoms with Crippen molar-refractivity contribution in [1.29, 1.82) is 0 Å². The third kappa shape index (κ3) is 4.07. The molecule has 0 saturated heterocycles. The van der Waals surface area contributed by atoms with E-state index in [4.69, 9.17) is 0 Å². The van der Waals surface area contributed by atoms with Crippen molar-refractivity contribution in [1.82, 2.24) is 10.2 Å². The Labute approximate surface area is 124 Å². The van der Waals surface area contributed by atoms with Crippen molar-refractivity contribution in [2.75, 3.05) is 20.1 Å². The minimum atomic E-state index is 0.435. The van der Waals surface area contributed by atoms with Gasteiger partial charge in [0.25, 0.3) is 0 Å². The molecular weight excluding hydrogens is 244 g/mol. The lowest BCUT2D eigenvalue weighted by Crippen LogP contribution is -2.38. The largest absolute Gasteiger partial charge is 0.309 e. The minimum absolute atomic E-state index is 0.435. The Hall–Kier alpha value is -0.860. The summed E-state index contributed by atoms with van der Waals surface area (Å²) in [6, 6.07) is 8.06. The summed E-state index contributed by atoms with van der Waals surface area (Å²) in [6.45, 7) is 11.1. The quantitative estimate of drug-likeness (QED) is 0.816. The molecule has 1 fully saturated rings. The molecule has 2 nitrogen and oxygen atoms in total. The van der Waals surface area contributed by atoms with Crippen LogP contribution in [0.5, 0.6) is 0 Å². The van der Waals surface area contributed by atoms with Gasteiger partial charge in [0, 0.05) is 18.6 Å². The number of hydrogen-bond acceptors (Lipinski definition) is 2. The topological polar surface area (TPSA) is 15.3 Å². The second kappa shape index (κ2) is 6.73. The number of hydrogen-bond donors (Lipinski definition) is 1. The molecule has 0 amide bonds. The van der Waals surface area contributed by atoms with Crippen LogP contribution in [-0.2, 0) is 0 Å². The molecule has 20 heavy (non-hydrogen) atoms. The van der Waals surface area contributed by atoms with E-state index >= 15 is 0 Å². The zero-order valence-electron chi connectivity index (χ0n) is 13.7. The van der Waals surface area contributed by atoms with Crippen molar-refractivity contribution in [2.45, 2.75) is 52.6 Å². The Balaban J connectivity index is 2.08. The lowest BCUT2D eigenvalue weighted by Gasteiger charge is -2.30. The fraction of sp³-hybridized carbons (Fsp3) is 0.667. The van der Waals surface area contributed by atoms with E-state index in [-0.39, 0.29) is 0 Å². The monoisotopic (exact) mass is 274 g/mol. The van der Waals surface area contributed by atoms with E-state index in [0.717, 1.165) is 19.0 Å². The fourth-order valence-corrected chi connectivity index (χ4v) is 3.14. The Morgan fingerprint density at radius 2 is 1.80 bits per heavy atom. The molecular formula is C18H30N2. The number of rotatable bonds is 7. The van der Waals surface area contributed by atoms with E-state index in [1.54, 1.807) is 0 Å². The smallest absolute Gasteiger partial charge is 0.0449 e. The normalized spacial score (nSPS) is 18.3. The second-order valence-corrected chi connectivity index (χ2v) is 6.55. The first-order valence-corrected chi connectivity index (χ1v) is 8.03. The molecule has 0 aliphatic heterocycles. The Morgan fingerprint density at radius 1 is 1.20 bits per heavy atom. The van der Waals surface area contributed by atoms with Gasteiger partial charge in [-0.25, -0.2) is 0 Å². The Bertz CT molecular complexity index is 417. The molecule has 1 aliphatic rings. The molecule has 0 spiro atoms. The van der Waals surface area contributed by atoms with Crippen LogP contribution in [0.2, 0.25) is 0 Å². The molecule has 0 aromatic heterocycles. The highest BCUT2D eigenvalue weighted by Gasteiger charge is 2.31. The van der Waals surface area contributed by atoms with E-state index in [1.165, 1.54) is 29.5 Å². The van der Waals surface area contributed by atoms with Crippen LogP contribution in [0.1, 0.15) is 49.4 Å². The van der Waals surface area contributed by atoms with Gasteiger partial charge in [-0.15, -0.1) is 0 Å². The molecule has 2 unspecified atom stereocenters. The van der Waals surface area contributed by atoms with Gasteiger partial charge in [0.15, 0.2) is 0 Å². The molecule has 1 aliphatic carbocycles. The summed E-state index contributed by atoms with van der Waals surface area (Å²) in [5, 5.41) is 3.66. The van der Waals surface area contributed by atoms with E-state index in [9.17, 15) is 0 Å². The maximum Gasteiger partial charge on any atom is 0.0449 e. The first-order valence-electron chi connectivity index (χ1n) is 8.03. The third-order valence-electron chi connectivity index (χ3n) is 4.57. The molecule has 0 bridgehead atoms. The summed E-state index contributed by atoms with van der Waals surface area (Å²) in [5.41, 5.74) is 4.15. The molecule has 1 aromatic carbocycles. The molecule has 2 heteroatoms. The lowest BCUT2D eigenvalue weighted by molar-refractivity contribution is 0.210. The van der Waals surface area contributed by atoms with Crippen LogP contribution in [0.25, 0.3) is 0 Å². The zero-order chi connectivity index (χ0) is 14.7. The number of aryl methyl sites for hydroxylation is 2. The van der Waals surface area contributed by atoms with Crippen molar-refractivity contribution in [3.8, 4) is 0 Å². The maximum atomic E-state index is 3.66. The van der Waals surface area contributed by atoms with Gasteiger partial charge in [0.2, 0.25) is 0 Å². The summed E-state index contributed by atoms with van der Waals surface area (Å²) < 4.78 is 0. The molecule has 0 radical (unpaired) electrons. The van der Waals surface area contributed by atoms with Crippen LogP contribution in [0, 0.1) is 19.8 Å². The highest BCUT2D eigenvalue weighted by atomic mass is 15.2. The van der Waals surface area contributed by atoms with Gasteiger partial charge in [-0.2, -0.15) is 0 Å². The van der Waals surface area contributed by atoms with Gasteiger partial charge < -0.3 is 10.2 Å². The molecule has 2 rings (SSSR count). The van der Waals surface area contributed by atoms with E-state index in [2.05, 4.69) is 63.2 Å². The van der Waals surface area contributed by atoms with Gasteiger partial charge in [-0.05, 0) is 58.7 Å². The summed E-state index contributed by atoms with van der Waals surface area (Å²) in [6.07, 6.45) is 2.84. The summed E-state index contributed by atoms with van der Waals surface area (Å²) in [5.74, 6) is 0.932. The second-order valence-electron chi connectivity index (χ2n) is 6.55. The van der Waals surface area contributed by atoms with E-state index in [0.29, 0.717) is 12.1 Å².